The van der Waals surface area contributed by atoms with Crippen LogP contribution in [0.3, 0.4) is 0 Å². The summed E-state index contributed by atoms with van der Waals surface area (Å²) < 4.78 is 0. The number of aromatic nitrogens is 1. The van der Waals surface area contributed by atoms with E-state index < -0.39 is 0 Å². The number of nitrogens with zero attached hydrogens (tertiary/aromatic N) is 2. The fraction of sp³-hybridized carbons (Fsp3) is 0.186. The molecule has 2 aliphatic rings. The van der Waals surface area contributed by atoms with Crippen molar-refractivity contribution in [3.05, 3.63) is 139 Å². The molecule has 1 fully saturated rings. The van der Waals surface area contributed by atoms with Crippen molar-refractivity contribution < 1.29 is 0 Å². The maximum Gasteiger partial charge on any atom is 0.141 e. The third kappa shape index (κ3) is 3.66. The van der Waals surface area contributed by atoms with E-state index in [9.17, 15) is 0 Å². The van der Waals surface area contributed by atoms with Gasteiger partial charge >= 0.3 is 0 Å². The Kier molecular flexibility index (Phi) is 5.75. The van der Waals surface area contributed by atoms with Gasteiger partial charge in [-0.05, 0) is 92.7 Å². The van der Waals surface area contributed by atoms with Crippen LogP contribution in [0.15, 0.2) is 134 Å². The van der Waals surface area contributed by atoms with Gasteiger partial charge in [-0.25, -0.2) is 4.98 Å². The molecular weight excluding hydrogens is 544 g/mol. The van der Waals surface area contributed by atoms with Gasteiger partial charge < -0.3 is 4.90 Å². The van der Waals surface area contributed by atoms with Crippen LogP contribution in [0.2, 0.25) is 0 Å². The van der Waals surface area contributed by atoms with Crippen molar-refractivity contribution in [2.24, 2.45) is 0 Å². The molecule has 2 atom stereocenters. The van der Waals surface area contributed by atoms with Gasteiger partial charge in [0.05, 0.1) is 5.54 Å². The molecule has 7 aromatic rings. The van der Waals surface area contributed by atoms with Crippen LogP contribution >= 0.6 is 0 Å². The zero-order chi connectivity index (χ0) is 30.2. The molecule has 0 N–H and O–H groups in total. The largest absolute Gasteiger partial charge is 0.319 e. The molecule has 2 heterocycles. The Morgan fingerprint density at radius 1 is 0.556 bits per heavy atom. The number of fused-ring (bicyclic) bond motifs is 6. The van der Waals surface area contributed by atoms with Gasteiger partial charge in [0.25, 0.3) is 0 Å². The van der Waals surface area contributed by atoms with E-state index >= 15 is 0 Å². The average Bonchev–Trinajstić information content (AvgIpc) is 3.30. The third-order valence-corrected chi connectivity index (χ3v) is 11.3. The highest BCUT2D eigenvalue weighted by atomic mass is 15.3. The molecule has 1 aliphatic carbocycles. The predicted molar refractivity (Wildman–Crippen MR) is 190 cm³/mol. The fourth-order valence-electron chi connectivity index (χ4n) is 8.86. The molecule has 1 saturated carbocycles. The van der Waals surface area contributed by atoms with Gasteiger partial charge in [0, 0.05) is 22.7 Å². The van der Waals surface area contributed by atoms with Crippen molar-refractivity contribution in [1.82, 2.24) is 4.98 Å². The Morgan fingerprint density at radius 3 is 1.82 bits per heavy atom. The number of benzene rings is 6. The minimum Gasteiger partial charge on any atom is -0.319 e. The van der Waals surface area contributed by atoms with Crippen molar-refractivity contribution >= 4 is 43.8 Å². The molecule has 2 nitrogen and oxygen atoms in total. The maximum absolute atomic E-state index is 5.08. The molecule has 2 unspecified atom stereocenters. The normalized spacial score (nSPS) is 20.9. The first-order valence-electron chi connectivity index (χ1n) is 16.4. The van der Waals surface area contributed by atoms with Gasteiger partial charge in [-0.1, -0.05) is 129 Å². The highest BCUT2D eigenvalue weighted by molar-refractivity contribution is 6.21. The van der Waals surface area contributed by atoms with Crippen LogP contribution in [0.25, 0.3) is 54.6 Å². The van der Waals surface area contributed by atoms with Crippen LogP contribution in [-0.2, 0) is 5.41 Å². The quantitative estimate of drug-likeness (QED) is 0.193. The van der Waals surface area contributed by atoms with Gasteiger partial charge in [0.2, 0.25) is 0 Å². The first-order valence-corrected chi connectivity index (χ1v) is 16.4. The van der Waals surface area contributed by atoms with Crippen molar-refractivity contribution in [1.29, 1.82) is 0 Å². The maximum atomic E-state index is 5.08. The van der Waals surface area contributed by atoms with Crippen LogP contribution in [0.1, 0.15) is 45.1 Å². The second-order valence-electron chi connectivity index (χ2n) is 13.4. The van der Waals surface area contributed by atoms with Gasteiger partial charge in [0.15, 0.2) is 0 Å². The number of pyridine rings is 1. The summed E-state index contributed by atoms with van der Waals surface area (Å²) in [5.74, 6) is 1.08. The molecule has 2 heteroatoms. The lowest BCUT2D eigenvalue weighted by Crippen LogP contribution is -2.54. The summed E-state index contributed by atoms with van der Waals surface area (Å²) in [6, 6.07) is 47.0. The Morgan fingerprint density at radius 2 is 1.13 bits per heavy atom. The Labute approximate surface area is 265 Å². The predicted octanol–water partition coefficient (Wildman–Crippen LogP) is 11.6. The number of hydrogen-bond acceptors (Lipinski definition) is 2. The minimum atomic E-state index is -0.0648. The van der Waals surface area contributed by atoms with Crippen molar-refractivity contribution in [2.45, 2.75) is 50.5 Å². The Bertz CT molecular complexity index is 2210. The standard InChI is InChI=1S/C43H36N2/c1-42-25-12-13-26-43(42,2)45(41-32-17-7-6-14-29(32)24-27-44-41)38-23-22-31(28-37(38)42)40-35-20-10-8-18-33(35)39(30-15-4-3-5-16-30)34-19-9-11-21-36(34)40/h3-11,14-24,27-28H,12-13,25-26H2,1-2H3. The van der Waals surface area contributed by atoms with Gasteiger partial charge in [0.1, 0.15) is 5.82 Å². The van der Waals surface area contributed by atoms with Crippen LogP contribution < -0.4 is 4.90 Å². The average molecular weight is 581 g/mol. The third-order valence-electron chi connectivity index (χ3n) is 11.3. The zero-order valence-electron chi connectivity index (χ0n) is 25.9. The Hall–Kier alpha value is -4.95. The molecule has 0 bridgehead atoms. The zero-order valence-corrected chi connectivity index (χ0v) is 25.9. The molecular formula is C43H36N2. The lowest BCUT2D eigenvalue weighted by molar-refractivity contribution is 0.194. The number of hydrogen-bond donors (Lipinski definition) is 0. The van der Waals surface area contributed by atoms with Gasteiger partial charge in [-0.15, -0.1) is 0 Å². The smallest absolute Gasteiger partial charge is 0.141 e. The van der Waals surface area contributed by atoms with E-state index in [0.717, 1.165) is 12.2 Å². The van der Waals surface area contributed by atoms with Crippen LogP contribution in [-0.4, -0.2) is 10.5 Å². The molecule has 9 rings (SSSR count). The molecule has 0 radical (unpaired) electrons. The minimum absolute atomic E-state index is 0.00477. The molecule has 0 spiro atoms. The molecule has 6 aromatic carbocycles. The molecule has 0 saturated heterocycles. The first-order chi connectivity index (χ1) is 22.1. The first kappa shape index (κ1) is 26.5. The van der Waals surface area contributed by atoms with Crippen molar-refractivity contribution in [2.75, 3.05) is 4.90 Å². The van der Waals surface area contributed by atoms with Crippen molar-refractivity contribution in [3.8, 4) is 22.3 Å². The van der Waals surface area contributed by atoms with Crippen LogP contribution in [0.5, 0.6) is 0 Å². The van der Waals surface area contributed by atoms with Crippen LogP contribution in [0.4, 0.5) is 11.5 Å². The Balaban J connectivity index is 1.33. The lowest BCUT2D eigenvalue weighted by atomic mass is 9.61. The molecule has 0 amide bonds. The summed E-state index contributed by atoms with van der Waals surface area (Å²) in [7, 11) is 0. The van der Waals surface area contributed by atoms with E-state index in [1.165, 1.54) is 85.1 Å². The summed E-state index contributed by atoms with van der Waals surface area (Å²) in [6.07, 6.45) is 6.81. The van der Waals surface area contributed by atoms with E-state index in [1.807, 2.05) is 6.20 Å². The van der Waals surface area contributed by atoms with Gasteiger partial charge in [-0.2, -0.15) is 0 Å². The second kappa shape index (κ2) is 9.78. The summed E-state index contributed by atoms with van der Waals surface area (Å²) in [5.41, 5.74) is 7.89. The summed E-state index contributed by atoms with van der Waals surface area (Å²) in [6.45, 7) is 5.02. The highest BCUT2D eigenvalue weighted by Gasteiger charge is 2.58. The van der Waals surface area contributed by atoms with E-state index in [4.69, 9.17) is 4.98 Å². The fourth-order valence-corrected chi connectivity index (χ4v) is 8.86. The topological polar surface area (TPSA) is 16.1 Å². The monoisotopic (exact) mass is 580 g/mol. The molecule has 218 valence electrons. The van der Waals surface area contributed by atoms with E-state index in [-0.39, 0.29) is 11.0 Å². The highest BCUT2D eigenvalue weighted by Crippen LogP contribution is 2.61. The summed E-state index contributed by atoms with van der Waals surface area (Å²) in [4.78, 5) is 7.70. The lowest BCUT2D eigenvalue weighted by Gasteiger charge is -2.50. The molecule has 1 aromatic heterocycles. The summed E-state index contributed by atoms with van der Waals surface area (Å²) in [5, 5.41) is 7.67. The summed E-state index contributed by atoms with van der Waals surface area (Å²) >= 11 is 0. The van der Waals surface area contributed by atoms with E-state index in [1.54, 1.807) is 0 Å². The molecule has 45 heavy (non-hydrogen) atoms. The SMILES string of the molecule is CC12CCCCC1(C)N(c1nccc3ccccc13)c1ccc(-c3c4ccccc4c(-c4ccccc4)c4ccccc34)cc12. The molecule has 1 aliphatic heterocycles. The number of rotatable bonds is 3. The van der Waals surface area contributed by atoms with Crippen molar-refractivity contribution in [3.63, 3.8) is 0 Å². The van der Waals surface area contributed by atoms with E-state index in [0.29, 0.717) is 0 Å². The van der Waals surface area contributed by atoms with Crippen LogP contribution in [0, 0.1) is 0 Å². The van der Waals surface area contributed by atoms with Gasteiger partial charge in [-0.3, -0.25) is 0 Å². The second-order valence-corrected chi connectivity index (χ2v) is 13.4. The van der Waals surface area contributed by atoms with E-state index in [2.05, 4.69) is 146 Å². The number of anilines is 2.